The molecule has 2 aromatic carbocycles. The summed E-state index contributed by atoms with van der Waals surface area (Å²) in [6.45, 7) is 9.36. The van der Waals surface area contributed by atoms with E-state index in [1.54, 1.807) is 6.07 Å². The van der Waals surface area contributed by atoms with Gasteiger partial charge in [0.1, 0.15) is 16.5 Å². The first-order chi connectivity index (χ1) is 13.3. The maximum Gasteiger partial charge on any atom is 0.129 e. The van der Waals surface area contributed by atoms with E-state index in [0.29, 0.717) is 10.6 Å². The number of nitrogens with one attached hydrogen (secondary N) is 1. The Bertz CT molecular complexity index is 828. The second-order valence-corrected chi connectivity index (χ2v) is 8.22. The van der Waals surface area contributed by atoms with Gasteiger partial charge in [-0.2, -0.15) is 0 Å². The number of aromatic hydroxyl groups is 2. The lowest BCUT2D eigenvalue weighted by atomic mass is 9.99. The van der Waals surface area contributed by atoms with Gasteiger partial charge in [-0.25, -0.2) is 0 Å². The lowest BCUT2D eigenvalue weighted by Crippen LogP contribution is -2.43. The third-order valence-corrected chi connectivity index (χ3v) is 5.55. The van der Waals surface area contributed by atoms with E-state index in [1.165, 1.54) is 11.6 Å². The number of hydrogen-bond acceptors (Lipinski definition) is 5. The molecular weight excluding hydrogens is 370 g/mol. The standard InChI is InChI=1S/C22H29N3O2S/c1-15(2)18-12-19(21(27)13-20(18)26)22(28)23-17-6-4-16(5-7-17)14-25-10-8-24(3)9-11-25/h4-7,12-13,15,26-27H,8-11,14H2,1-3H3,(H,23,28). The number of nitrogens with zero attached hydrogens (tertiary/aromatic N) is 2. The number of benzene rings is 2. The van der Waals surface area contributed by atoms with Gasteiger partial charge in [-0.1, -0.05) is 38.2 Å². The summed E-state index contributed by atoms with van der Waals surface area (Å²) in [5, 5.41) is 23.4. The summed E-state index contributed by atoms with van der Waals surface area (Å²) < 4.78 is 0. The highest BCUT2D eigenvalue weighted by molar-refractivity contribution is 7.81. The first kappa shape index (κ1) is 20.6. The van der Waals surface area contributed by atoms with E-state index in [4.69, 9.17) is 12.2 Å². The van der Waals surface area contributed by atoms with Gasteiger partial charge in [0.05, 0.1) is 5.56 Å². The largest absolute Gasteiger partial charge is 0.508 e. The van der Waals surface area contributed by atoms with Crippen LogP contribution in [0.3, 0.4) is 0 Å². The third-order valence-electron chi connectivity index (χ3n) is 5.23. The van der Waals surface area contributed by atoms with Crippen molar-refractivity contribution in [1.29, 1.82) is 0 Å². The van der Waals surface area contributed by atoms with Crippen LogP contribution in [0.2, 0.25) is 0 Å². The zero-order valence-corrected chi connectivity index (χ0v) is 17.6. The van der Waals surface area contributed by atoms with E-state index in [2.05, 4.69) is 34.3 Å². The molecule has 3 N–H and O–H groups in total. The van der Waals surface area contributed by atoms with Crippen molar-refractivity contribution in [3.8, 4) is 11.5 Å². The molecule has 28 heavy (non-hydrogen) atoms. The normalized spacial score (nSPS) is 15.7. The molecule has 1 heterocycles. The van der Waals surface area contributed by atoms with Crippen molar-refractivity contribution >= 4 is 22.9 Å². The minimum absolute atomic E-state index is 0.0221. The van der Waals surface area contributed by atoms with Crippen LogP contribution >= 0.6 is 12.2 Å². The summed E-state index contributed by atoms with van der Waals surface area (Å²) in [4.78, 5) is 5.26. The van der Waals surface area contributed by atoms with Gasteiger partial charge in [-0.15, -0.1) is 0 Å². The fraction of sp³-hybridized carbons (Fsp3) is 0.409. The summed E-state index contributed by atoms with van der Waals surface area (Å²) >= 11 is 5.49. The molecule has 1 saturated heterocycles. The molecule has 0 bridgehead atoms. The van der Waals surface area contributed by atoms with Crippen molar-refractivity contribution in [1.82, 2.24) is 9.80 Å². The van der Waals surface area contributed by atoms with Crippen LogP contribution in [-0.2, 0) is 6.54 Å². The molecule has 0 spiro atoms. The van der Waals surface area contributed by atoms with Crippen molar-refractivity contribution in [2.24, 2.45) is 0 Å². The molecule has 6 heteroatoms. The second kappa shape index (κ2) is 8.90. The minimum Gasteiger partial charge on any atom is -0.508 e. The van der Waals surface area contributed by atoms with Crippen molar-refractivity contribution < 1.29 is 10.2 Å². The summed E-state index contributed by atoms with van der Waals surface area (Å²) in [6, 6.07) is 11.4. The van der Waals surface area contributed by atoms with Crippen molar-refractivity contribution in [2.75, 3.05) is 38.5 Å². The molecule has 0 atom stereocenters. The molecule has 1 fully saturated rings. The quantitative estimate of drug-likeness (QED) is 0.666. The molecular formula is C22H29N3O2S. The molecule has 1 aliphatic heterocycles. The summed E-state index contributed by atoms with van der Waals surface area (Å²) in [5.41, 5.74) is 3.44. The van der Waals surface area contributed by atoms with Crippen LogP contribution in [0.5, 0.6) is 11.5 Å². The molecule has 0 aliphatic carbocycles. The van der Waals surface area contributed by atoms with E-state index < -0.39 is 0 Å². The van der Waals surface area contributed by atoms with Gasteiger partial charge < -0.3 is 20.4 Å². The van der Waals surface area contributed by atoms with E-state index >= 15 is 0 Å². The molecule has 150 valence electrons. The Kier molecular flexibility index (Phi) is 6.54. The van der Waals surface area contributed by atoms with E-state index in [9.17, 15) is 10.2 Å². The van der Waals surface area contributed by atoms with Gasteiger partial charge >= 0.3 is 0 Å². The highest BCUT2D eigenvalue weighted by Gasteiger charge is 2.16. The molecule has 3 rings (SSSR count). The van der Waals surface area contributed by atoms with Crippen LogP contribution in [0.4, 0.5) is 5.69 Å². The third kappa shape index (κ3) is 5.01. The van der Waals surface area contributed by atoms with Gasteiger partial charge in [0, 0.05) is 44.5 Å². The van der Waals surface area contributed by atoms with Crippen LogP contribution in [0, 0.1) is 0 Å². The maximum absolute atomic E-state index is 10.2. The number of likely N-dealkylation sites (N-methyl/N-ethyl adjacent to an activating group) is 1. The predicted molar refractivity (Wildman–Crippen MR) is 118 cm³/mol. The van der Waals surface area contributed by atoms with Crippen LogP contribution in [-0.4, -0.2) is 58.2 Å². The summed E-state index contributed by atoms with van der Waals surface area (Å²) in [7, 11) is 2.16. The molecule has 2 aromatic rings. The van der Waals surface area contributed by atoms with Gasteiger partial charge in [-0.05, 0) is 42.3 Å². The van der Waals surface area contributed by atoms with Gasteiger partial charge in [-0.3, -0.25) is 4.90 Å². The SMILES string of the molecule is CC(C)c1cc(C(=S)Nc2ccc(CN3CCN(C)CC3)cc2)c(O)cc1O. The van der Waals surface area contributed by atoms with Crippen molar-refractivity contribution in [3.05, 3.63) is 53.1 Å². The van der Waals surface area contributed by atoms with Crippen LogP contribution in [0.1, 0.15) is 36.5 Å². The van der Waals surface area contributed by atoms with Crippen molar-refractivity contribution in [2.45, 2.75) is 26.3 Å². The summed E-state index contributed by atoms with van der Waals surface area (Å²) in [5.74, 6) is 0.203. The lowest BCUT2D eigenvalue weighted by Gasteiger charge is -2.32. The van der Waals surface area contributed by atoms with Gasteiger partial charge in [0.15, 0.2) is 0 Å². The van der Waals surface area contributed by atoms with E-state index in [0.717, 1.165) is 44.0 Å². The molecule has 0 unspecified atom stereocenters. The van der Waals surface area contributed by atoms with Crippen LogP contribution in [0.15, 0.2) is 36.4 Å². The van der Waals surface area contributed by atoms with Gasteiger partial charge in [0.25, 0.3) is 0 Å². The smallest absolute Gasteiger partial charge is 0.129 e. The fourth-order valence-electron chi connectivity index (χ4n) is 3.39. The molecule has 1 aliphatic rings. The summed E-state index contributed by atoms with van der Waals surface area (Å²) in [6.07, 6.45) is 0. The number of piperazine rings is 1. The number of phenolic OH excluding ortho intramolecular Hbond substituents is 2. The Labute approximate surface area is 172 Å². The molecule has 0 aromatic heterocycles. The second-order valence-electron chi connectivity index (χ2n) is 7.81. The predicted octanol–water partition coefficient (Wildman–Crippen LogP) is 3.76. The number of hydrogen-bond donors (Lipinski definition) is 3. The Morgan fingerprint density at radius 1 is 1.04 bits per heavy atom. The van der Waals surface area contributed by atoms with E-state index in [-0.39, 0.29) is 17.4 Å². The highest BCUT2D eigenvalue weighted by atomic mass is 32.1. The molecule has 5 nitrogen and oxygen atoms in total. The van der Waals surface area contributed by atoms with Gasteiger partial charge in [0.2, 0.25) is 0 Å². The maximum atomic E-state index is 10.2. The highest BCUT2D eigenvalue weighted by Crippen LogP contribution is 2.32. The first-order valence-electron chi connectivity index (χ1n) is 9.70. The average Bonchev–Trinajstić information content (AvgIpc) is 2.65. The number of rotatable bonds is 5. The number of phenols is 2. The Morgan fingerprint density at radius 2 is 1.68 bits per heavy atom. The zero-order valence-electron chi connectivity index (χ0n) is 16.8. The number of anilines is 1. The van der Waals surface area contributed by atoms with Crippen LogP contribution < -0.4 is 5.32 Å². The van der Waals surface area contributed by atoms with E-state index in [1.807, 2.05) is 26.0 Å². The molecule has 0 amide bonds. The van der Waals surface area contributed by atoms with Crippen LogP contribution in [0.25, 0.3) is 0 Å². The van der Waals surface area contributed by atoms with Crippen molar-refractivity contribution in [3.63, 3.8) is 0 Å². The Hall–Kier alpha value is -2.15. The fourth-order valence-corrected chi connectivity index (χ4v) is 3.68. The molecule has 0 radical (unpaired) electrons. The Morgan fingerprint density at radius 3 is 2.29 bits per heavy atom. The Balaban J connectivity index is 1.65. The average molecular weight is 400 g/mol. The molecule has 0 saturated carbocycles. The minimum atomic E-state index is -0.0221. The lowest BCUT2D eigenvalue weighted by molar-refractivity contribution is 0.148. The first-order valence-corrected chi connectivity index (χ1v) is 10.1. The number of thiocarbonyl (C=S) groups is 1. The zero-order chi connectivity index (χ0) is 20.3. The topological polar surface area (TPSA) is 59.0 Å². The monoisotopic (exact) mass is 399 g/mol.